The van der Waals surface area contributed by atoms with E-state index in [2.05, 4.69) is 15.9 Å². The first-order chi connectivity index (χ1) is 10.1. The summed E-state index contributed by atoms with van der Waals surface area (Å²) in [6.07, 6.45) is -1.96. The molecule has 3 rings (SSSR count). The molecule has 0 aromatic carbocycles. The molecular formula is C14H21BrO7. The zero-order chi connectivity index (χ0) is 16.3. The fourth-order valence-corrected chi connectivity index (χ4v) is 3.85. The minimum Gasteiger partial charge on any atom is -0.466 e. The normalized spacial score (nSPS) is 45.7. The van der Waals surface area contributed by atoms with Gasteiger partial charge in [-0.05, 0) is 43.6 Å². The van der Waals surface area contributed by atoms with Crippen LogP contribution in [0.3, 0.4) is 0 Å². The van der Waals surface area contributed by atoms with E-state index in [9.17, 15) is 4.79 Å². The second-order valence-electron chi connectivity index (χ2n) is 6.61. The minimum absolute atomic E-state index is 0.356. The van der Waals surface area contributed by atoms with Gasteiger partial charge in [0, 0.05) is 0 Å². The van der Waals surface area contributed by atoms with Gasteiger partial charge in [-0.3, -0.25) is 0 Å². The van der Waals surface area contributed by atoms with E-state index in [1.54, 1.807) is 13.8 Å². The number of esters is 1. The zero-order valence-electron chi connectivity index (χ0n) is 13.3. The van der Waals surface area contributed by atoms with Crippen LogP contribution >= 0.6 is 15.9 Å². The first-order valence-corrected chi connectivity index (χ1v) is 8.00. The molecule has 3 saturated heterocycles. The van der Waals surface area contributed by atoms with Crippen LogP contribution in [0.15, 0.2) is 0 Å². The lowest BCUT2D eigenvalue weighted by molar-refractivity contribution is -0.215. The third-order valence-corrected chi connectivity index (χ3v) is 4.95. The van der Waals surface area contributed by atoms with E-state index < -0.39 is 40.4 Å². The van der Waals surface area contributed by atoms with Gasteiger partial charge in [-0.1, -0.05) is 0 Å². The Labute approximate surface area is 137 Å². The lowest BCUT2D eigenvalue weighted by atomic mass is 10.0. The molecule has 3 aliphatic heterocycles. The summed E-state index contributed by atoms with van der Waals surface area (Å²) < 4.78 is 32.6. The average molecular weight is 381 g/mol. The van der Waals surface area contributed by atoms with Crippen LogP contribution in [0.1, 0.15) is 27.7 Å². The van der Waals surface area contributed by atoms with E-state index in [0.717, 1.165) is 0 Å². The molecule has 0 aromatic heterocycles. The molecule has 0 spiro atoms. The SMILES string of the molecule is COC(=O)[C@]1(Br)O[C@H]([C@H]2COC(C)(C)O2)[C@@H]2OC(C)(C)O[C@@H]21. The van der Waals surface area contributed by atoms with Gasteiger partial charge in [-0.25, -0.2) is 4.79 Å². The predicted octanol–water partition coefficient (Wildman–Crippen LogP) is 1.32. The van der Waals surface area contributed by atoms with E-state index in [1.807, 2.05) is 13.8 Å². The van der Waals surface area contributed by atoms with Gasteiger partial charge in [-0.15, -0.1) is 0 Å². The number of alkyl halides is 1. The molecule has 0 aromatic rings. The Hall–Kier alpha value is -0.250. The van der Waals surface area contributed by atoms with Crippen molar-refractivity contribution in [3.05, 3.63) is 0 Å². The Morgan fingerprint density at radius 2 is 1.73 bits per heavy atom. The van der Waals surface area contributed by atoms with Crippen molar-refractivity contribution in [1.29, 1.82) is 0 Å². The van der Waals surface area contributed by atoms with E-state index in [1.165, 1.54) is 7.11 Å². The summed E-state index contributed by atoms with van der Waals surface area (Å²) >= 11 is 3.35. The number of carbonyl (C=O) groups is 1. The first-order valence-electron chi connectivity index (χ1n) is 7.20. The van der Waals surface area contributed by atoms with E-state index in [-0.39, 0.29) is 6.10 Å². The molecule has 0 N–H and O–H groups in total. The van der Waals surface area contributed by atoms with Crippen LogP contribution in [0.25, 0.3) is 0 Å². The molecule has 0 aliphatic carbocycles. The molecule has 5 atom stereocenters. The maximum atomic E-state index is 12.2. The summed E-state index contributed by atoms with van der Waals surface area (Å²) in [6.45, 7) is 7.61. The minimum atomic E-state index is -1.42. The van der Waals surface area contributed by atoms with E-state index in [0.29, 0.717) is 6.61 Å². The van der Waals surface area contributed by atoms with Gasteiger partial charge in [0.2, 0.25) is 4.51 Å². The lowest BCUT2D eigenvalue weighted by Gasteiger charge is -2.29. The van der Waals surface area contributed by atoms with Crippen molar-refractivity contribution in [2.45, 2.75) is 68.2 Å². The van der Waals surface area contributed by atoms with Gasteiger partial charge in [-0.2, -0.15) is 0 Å². The monoisotopic (exact) mass is 380 g/mol. The van der Waals surface area contributed by atoms with Crippen LogP contribution < -0.4 is 0 Å². The highest BCUT2D eigenvalue weighted by atomic mass is 79.9. The zero-order valence-corrected chi connectivity index (χ0v) is 14.8. The molecule has 0 unspecified atom stereocenters. The Kier molecular flexibility index (Phi) is 3.87. The molecular weight excluding hydrogens is 360 g/mol. The van der Waals surface area contributed by atoms with Crippen molar-refractivity contribution < 1.29 is 33.2 Å². The van der Waals surface area contributed by atoms with Crippen molar-refractivity contribution in [1.82, 2.24) is 0 Å². The van der Waals surface area contributed by atoms with Gasteiger partial charge >= 0.3 is 5.97 Å². The van der Waals surface area contributed by atoms with Crippen molar-refractivity contribution >= 4 is 21.9 Å². The van der Waals surface area contributed by atoms with Gasteiger partial charge in [0.15, 0.2) is 11.6 Å². The number of halogens is 1. The standard InChI is InChI=1S/C14H21BrO7/c1-12(2)18-6-7(19-12)8-9-10(22-13(3,4)20-9)14(15,21-8)11(16)17-5/h7-10H,6H2,1-5H3/t7-,8-,9+,10+,14-/m1/s1. The predicted molar refractivity (Wildman–Crippen MR) is 77.3 cm³/mol. The van der Waals surface area contributed by atoms with Crippen LogP contribution in [0.5, 0.6) is 0 Å². The molecule has 3 fully saturated rings. The van der Waals surface area contributed by atoms with Crippen molar-refractivity contribution in [2.24, 2.45) is 0 Å². The fourth-order valence-electron chi connectivity index (χ4n) is 3.12. The fraction of sp³-hybridized carbons (Fsp3) is 0.929. The second kappa shape index (κ2) is 5.12. The Bertz CT molecular complexity index is 480. The van der Waals surface area contributed by atoms with Gasteiger partial charge in [0.05, 0.1) is 13.7 Å². The first kappa shape index (κ1) is 16.6. The lowest BCUT2D eigenvalue weighted by Crippen LogP contribution is -2.45. The van der Waals surface area contributed by atoms with Gasteiger partial charge < -0.3 is 28.4 Å². The number of hydrogen-bond acceptors (Lipinski definition) is 7. The molecule has 0 radical (unpaired) electrons. The van der Waals surface area contributed by atoms with Crippen molar-refractivity contribution in [3.8, 4) is 0 Å². The Morgan fingerprint density at radius 1 is 1.05 bits per heavy atom. The summed E-state index contributed by atoms with van der Waals surface area (Å²) in [5.74, 6) is -2.08. The highest BCUT2D eigenvalue weighted by Crippen LogP contribution is 2.49. The molecule has 8 heteroatoms. The van der Waals surface area contributed by atoms with Crippen LogP contribution in [0.2, 0.25) is 0 Å². The van der Waals surface area contributed by atoms with E-state index in [4.69, 9.17) is 28.4 Å². The van der Waals surface area contributed by atoms with Gasteiger partial charge in [0.25, 0.3) is 0 Å². The molecule has 0 amide bonds. The molecule has 0 saturated carbocycles. The summed E-state index contributed by atoms with van der Waals surface area (Å²) in [5, 5.41) is 0. The Morgan fingerprint density at radius 3 is 2.27 bits per heavy atom. The number of fused-ring (bicyclic) bond motifs is 1. The highest BCUT2D eigenvalue weighted by Gasteiger charge is 2.68. The molecule has 3 heterocycles. The maximum absolute atomic E-state index is 12.2. The second-order valence-corrected chi connectivity index (χ2v) is 7.79. The van der Waals surface area contributed by atoms with E-state index >= 15 is 0 Å². The van der Waals surface area contributed by atoms with Crippen LogP contribution in [0, 0.1) is 0 Å². The summed E-state index contributed by atoms with van der Waals surface area (Å²) in [7, 11) is 1.30. The molecule has 126 valence electrons. The molecule has 3 aliphatic rings. The summed E-state index contributed by atoms with van der Waals surface area (Å²) in [6, 6.07) is 0. The van der Waals surface area contributed by atoms with Crippen LogP contribution in [0.4, 0.5) is 0 Å². The summed E-state index contributed by atoms with van der Waals surface area (Å²) in [5.41, 5.74) is 0. The number of rotatable bonds is 2. The van der Waals surface area contributed by atoms with Crippen molar-refractivity contribution in [3.63, 3.8) is 0 Å². The third kappa shape index (κ3) is 2.59. The molecule has 7 nitrogen and oxygen atoms in total. The molecule has 22 heavy (non-hydrogen) atoms. The third-order valence-electron chi connectivity index (χ3n) is 3.99. The largest absolute Gasteiger partial charge is 0.466 e. The smallest absolute Gasteiger partial charge is 0.352 e. The average Bonchev–Trinajstić information content (AvgIpc) is 3.01. The topological polar surface area (TPSA) is 72.5 Å². The Balaban J connectivity index is 1.88. The van der Waals surface area contributed by atoms with Crippen LogP contribution in [-0.4, -0.2) is 60.2 Å². The summed E-state index contributed by atoms with van der Waals surface area (Å²) in [4.78, 5) is 12.2. The van der Waals surface area contributed by atoms with Crippen LogP contribution in [-0.2, 0) is 33.2 Å². The van der Waals surface area contributed by atoms with Crippen molar-refractivity contribution in [2.75, 3.05) is 13.7 Å². The van der Waals surface area contributed by atoms with Gasteiger partial charge in [0.1, 0.15) is 24.4 Å². The number of carbonyl (C=O) groups excluding carboxylic acids is 1. The number of ether oxygens (including phenoxy) is 6. The number of hydrogen-bond donors (Lipinski definition) is 0. The molecule has 0 bridgehead atoms. The highest BCUT2D eigenvalue weighted by molar-refractivity contribution is 9.10. The number of methoxy groups -OCH3 is 1. The quantitative estimate of drug-likeness (QED) is 0.528. The maximum Gasteiger partial charge on any atom is 0.352 e.